The van der Waals surface area contributed by atoms with Crippen molar-refractivity contribution in [3.05, 3.63) is 28.8 Å². The standard InChI is InChI=1S/C24H32ClNO4/c1-15-8-16-10-17(9-15)13-24(2,12-16)14-30-21-6-5-18(11-19(21)25)22(27)26-7-3-4-20(26)23(28)29/h5-6,11,15-17,20H,3-4,7-10,12-14H2,1-2H3,(H,28,29). The Morgan fingerprint density at radius 1 is 1.23 bits per heavy atom. The molecule has 30 heavy (non-hydrogen) atoms. The summed E-state index contributed by atoms with van der Waals surface area (Å²) in [7, 11) is 0. The zero-order valence-corrected chi connectivity index (χ0v) is 18.7. The van der Waals surface area contributed by atoms with E-state index in [1.54, 1.807) is 18.2 Å². The number of carbonyl (C=O) groups excluding carboxylic acids is 1. The fourth-order valence-corrected chi connectivity index (χ4v) is 6.50. The number of halogens is 1. The predicted octanol–water partition coefficient (Wildman–Crippen LogP) is 5.26. The topological polar surface area (TPSA) is 66.8 Å². The van der Waals surface area contributed by atoms with Gasteiger partial charge in [0.15, 0.2) is 0 Å². The first-order chi connectivity index (χ1) is 14.2. The number of carboxylic acids is 1. The number of nitrogens with zero attached hydrogens (tertiary/aromatic N) is 1. The van der Waals surface area contributed by atoms with Gasteiger partial charge >= 0.3 is 5.97 Å². The van der Waals surface area contributed by atoms with Crippen molar-refractivity contribution in [2.24, 2.45) is 23.2 Å². The second-order valence-electron chi connectivity index (χ2n) is 10.2. The van der Waals surface area contributed by atoms with Crippen molar-refractivity contribution in [2.45, 2.75) is 64.8 Å². The number of carboxylic acid groups (broad SMARTS) is 1. The number of amides is 1. The first-order valence-corrected chi connectivity index (χ1v) is 11.6. The van der Waals surface area contributed by atoms with Crippen LogP contribution in [0.25, 0.3) is 0 Å². The molecule has 1 heterocycles. The van der Waals surface area contributed by atoms with E-state index in [0.29, 0.717) is 42.3 Å². The maximum absolute atomic E-state index is 12.8. The van der Waals surface area contributed by atoms with Crippen LogP contribution in [0.3, 0.4) is 0 Å². The number of carbonyl (C=O) groups is 2. The van der Waals surface area contributed by atoms with Gasteiger partial charge in [0.1, 0.15) is 11.8 Å². The Hall–Kier alpha value is -1.75. The highest BCUT2D eigenvalue weighted by Gasteiger charge is 2.41. The summed E-state index contributed by atoms with van der Waals surface area (Å²) in [6, 6.07) is 4.30. The van der Waals surface area contributed by atoms with Crippen LogP contribution in [0.4, 0.5) is 0 Å². The van der Waals surface area contributed by atoms with Gasteiger partial charge in [0, 0.05) is 17.5 Å². The number of benzene rings is 1. The number of ether oxygens (including phenoxy) is 1. The van der Waals surface area contributed by atoms with E-state index in [1.807, 2.05) is 0 Å². The third-order valence-electron chi connectivity index (χ3n) is 7.25. The van der Waals surface area contributed by atoms with Crippen LogP contribution in [0.15, 0.2) is 18.2 Å². The Kier molecular flexibility index (Phi) is 6.02. The molecule has 3 aliphatic rings. The third kappa shape index (κ3) is 4.46. The molecule has 6 heteroatoms. The molecule has 164 valence electrons. The second kappa shape index (κ2) is 8.41. The normalized spacial score (nSPS) is 33.4. The molecule has 0 radical (unpaired) electrons. The minimum absolute atomic E-state index is 0.163. The molecule has 0 spiro atoms. The molecule has 5 nitrogen and oxygen atoms in total. The molecule has 2 saturated carbocycles. The zero-order chi connectivity index (χ0) is 21.5. The maximum atomic E-state index is 12.8. The largest absolute Gasteiger partial charge is 0.491 e. The lowest BCUT2D eigenvalue weighted by molar-refractivity contribution is -0.141. The molecule has 2 bridgehead atoms. The van der Waals surface area contributed by atoms with Crippen molar-refractivity contribution in [1.29, 1.82) is 0 Å². The van der Waals surface area contributed by atoms with Gasteiger partial charge < -0.3 is 14.7 Å². The number of aliphatic carboxylic acids is 1. The Balaban J connectivity index is 1.40. The smallest absolute Gasteiger partial charge is 0.326 e. The molecule has 1 aromatic rings. The predicted molar refractivity (Wildman–Crippen MR) is 116 cm³/mol. The van der Waals surface area contributed by atoms with Gasteiger partial charge in [0.05, 0.1) is 11.6 Å². The van der Waals surface area contributed by atoms with E-state index in [0.717, 1.165) is 17.8 Å². The average molecular weight is 434 g/mol. The molecule has 3 atom stereocenters. The fraction of sp³-hybridized carbons (Fsp3) is 0.667. The Bertz CT molecular complexity index is 807. The SMILES string of the molecule is CC1CC2CC(C1)CC(C)(COc1ccc(C(=O)N3CCCC3C(=O)O)cc1Cl)C2. The summed E-state index contributed by atoms with van der Waals surface area (Å²) >= 11 is 6.45. The zero-order valence-electron chi connectivity index (χ0n) is 17.9. The highest BCUT2D eigenvalue weighted by atomic mass is 35.5. The van der Waals surface area contributed by atoms with Gasteiger partial charge in [0.25, 0.3) is 5.91 Å². The summed E-state index contributed by atoms with van der Waals surface area (Å²) in [4.78, 5) is 25.6. The molecule has 1 N–H and O–H groups in total. The molecule has 3 fully saturated rings. The van der Waals surface area contributed by atoms with Crippen LogP contribution in [0.2, 0.25) is 5.02 Å². The molecule has 4 rings (SSSR count). The van der Waals surface area contributed by atoms with Crippen molar-refractivity contribution in [1.82, 2.24) is 4.90 Å². The number of hydrogen-bond acceptors (Lipinski definition) is 3. The summed E-state index contributed by atoms with van der Waals surface area (Å²) < 4.78 is 6.14. The van der Waals surface area contributed by atoms with Crippen LogP contribution in [0.1, 0.15) is 69.2 Å². The van der Waals surface area contributed by atoms with Gasteiger partial charge in [-0.3, -0.25) is 4.79 Å². The molecule has 1 aromatic carbocycles. The summed E-state index contributed by atoms with van der Waals surface area (Å²) in [5.41, 5.74) is 0.573. The Labute approximate surface area is 183 Å². The summed E-state index contributed by atoms with van der Waals surface area (Å²) in [5, 5.41) is 9.73. The number of fused-ring (bicyclic) bond motifs is 2. The quantitative estimate of drug-likeness (QED) is 0.687. The van der Waals surface area contributed by atoms with Crippen molar-refractivity contribution in [3.63, 3.8) is 0 Å². The van der Waals surface area contributed by atoms with Crippen molar-refractivity contribution < 1.29 is 19.4 Å². The Morgan fingerprint density at radius 3 is 2.57 bits per heavy atom. The molecular weight excluding hydrogens is 402 g/mol. The maximum Gasteiger partial charge on any atom is 0.326 e. The van der Waals surface area contributed by atoms with Gasteiger partial charge in [-0.05, 0) is 80.9 Å². The minimum Gasteiger partial charge on any atom is -0.491 e. The first-order valence-electron chi connectivity index (χ1n) is 11.2. The number of rotatable bonds is 5. The molecule has 1 aliphatic heterocycles. The Morgan fingerprint density at radius 2 is 1.93 bits per heavy atom. The van der Waals surface area contributed by atoms with Gasteiger partial charge in [-0.15, -0.1) is 0 Å². The van der Waals surface area contributed by atoms with E-state index < -0.39 is 12.0 Å². The third-order valence-corrected chi connectivity index (χ3v) is 7.55. The lowest BCUT2D eigenvalue weighted by Gasteiger charge is -2.47. The van der Waals surface area contributed by atoms with E-state index in [-0.39, 0.29) is 11.3 Å². The van der Waals surface area contributed by atoms with Crippen LogP contribution in [0.5, 0.6) is 5.75 Å². The number of hydrogen-bond donors (Lipinski definition) is 1. The molecule has 1 saturated heterocycles. The molecule has 1 amide bonds. The van der Waals surface area contributed by atoms with Crippen LogP contribution in [0, 0.1) is 23.2 Å². The summed E-state index contributed by atoms with van der Waals surface area (Å²) in [6.45, 7) is 5.80. The van der Waals surface area contributed by atoms with Crippen molar-refractivity contribution in [2.75, 3.05) is 13.2 Å². The second-order valence-corrected chi connectivity index (χ2v) is 10.6. The van der Waals surface area contributed by atoms with E-state index >= 15 is 0 Å². The molecule has 3 unspecified atom stereocenters. The van der Waals surface area contributed by atoms with Crippen molar-refractivity contribution in [3.8, 4) is 5.75 Å². The van der Waals surface area contributed by atoms with E-state index in [4.69, 9.17) is 16.3 Å². The van der Waals surface area contributed by atoms with E-state index in [9.17, 15) is 14.7 Å². The number of likely N-dealkylation sites (tertiary alicyclic amines) is 1. The highest BCUT2D eigenvalue weighted by molar-refractivity contribution is 6.32. The van der Waals surface area contributed by atoms with Gasteiger partial charge in [-0.25, -0.2) is 4.79 Å². The summed E-state index contributed by atoms with van der Waals surface area (Å²) in [5.74, 6) is 1.81. The van der Waals surface area contributed by atoms with Crippen LogP contribution in [-0.4, -0.2) is 41.1 Å². The molecule has 0 aromatic heterocycles. The molecular formula is C24H32ClNO4. The van der Waals surface area contributed by atoms with Crippen molar-refractivity contribution >= 4 is 23.5 Å². The monoisotopic (exact) mass is 433 g/mol. The highest BCUT2D eigenvalue weighted by Crippen LogP contribution is 2.50. The van der Waals surface area contributed by atoms with Gasteiger partial charge in [0.2, 0.25) is 0 Å². The first kappa shape index (κ1) is 21.5. The minimum atomic E-state index is -0.952. The summed E-state index contributed by atoms with van der Waals surface area (Å²) in [6.07, 6.45) is 7.63. The van der Waals surface area contributed by atoms with Crippen LogP contribution in [-0.2, 0) is 4.79 Å². The van der Waals surface area contributed by atoms with Crippen LogP contribution >= 0.6 is 11.6 Å². The van der Waals surface area contributed by atoms with Crippen LogP contribution < -0.4 is 4.74 Å². The lowest BCUT2D eigenvalue weighted by atomic mass is 9.60. The fourth-order valence-electron chi connectivity index (χ4n) is 6.26. The lowest BCUT2D eigenvalue weighted by Crippen LogP contribution is -2.40. The molecule has 2 aliphatic carbocycles. The van der Waals surface area contributed by atoms with Gasteiger partial charge in [-0.2, -0.15) is 0 Å². The van der Waals surface area contributed by atoms with Gasteiger partial charge in [-0.1, -0.05) is 25.4 Å². The average Bonchev–Trinajstić information content (AvgIpc) is 3.15. The van der Waals surface area contributed by atoms with E-state index in [2.05, 4.69) is 13.8 Å². The van der Waals surface area contributed by atoms with E-state index in [1.165, 1.54) is 37.0 Å².